The Hall–Kier alpha value is -0.650. The molecule has 0 aromatic carbocycles. The van der Waals surface area contributed by atoms with Crippen LogP contribution in [0.4, 0.5) is 4.39 Å². The van der Waals surface area contributed by atoms with Gasteiger partial charge >= 0.3 is 5.97 Å². The fourth-order valence-electron chi connectivity index (χ4n) is 1.66. The van der Waals surface area contributed by atoms with Gasteiger partial charge in [0, 0.05) is 0 Å². The van der Waals surface area contributed by atoms with Gasteiger partial charge in [-0.1, -0.05) is 0 Å². The van der Waals surface area contributed by atoms with Crippen molar-refractivity contribution in [3.05, 3.63) is 0 Å². The Bertz CT molecular complexity index is 333. The molecule has 0 radical (unpaired) electrons. The van der Waals surface area contributed by atoms with Crippen molar-refractivity contribution >= 4 is 15.8 Å². The van der Waals surface area contributed by atoms with Crippen LogP contribution in [0.1, 0.15) is 19.8 Å². The van der Waals surface area contributed by atoms with Gasteiger partial charge < -0.3 is 5.11 Å². The number of halogens is 1. The standard InChI is InChI=1S/C8H13FO4S/c1-8(9,7(10)11)4-6-2-3-14(12,13)5-6/h6H,2-5H2,1H3,(H,10,11). The van der Waals surface area contributed by atoms with Crippen LogP contribution >= 0.6 is 0 Å². The molecule has 0 spiro atoms. The van der Waals surface area contributed by atoms with Crippen LogP contribution in [0.2, 0.25) is 0 Å². The monoisotopic (exact) mass is 224 g/mol. The van der Waals surface area contributed by atoms with Crippen molar-refractivity contribution in [3.63, 3.8) is 0 Å². The Labute approximate surface area is 82.0 Å². The molecule has 6 heteroatoms. The van der Waals surface area contributed by atoms with Crippen molar-refractivity contribution < 1.29 is 22.7 Å². The van der Waals surface area contributed by atoms with Crippen molar-refractivity contribution in [1.29, 1.82) is 0 Å². The molecule has 0 amide bonds. The highest BCUT2D eigenvalue weighted by Crippen LogP contribution is 2.29. The smallest absolute Gasteiger partial charge is 0.341 e. The average Bonchev–Trinajstić information content (AvgIpc) is 2.28. The maximum atomic E-state index is 13.3. The molecular formula is C8H13FO4S. The molecule has 1 aliphatic heterocycles. The third-order valence-electron chi connectivity index (χ3n) is 2.44. The summed E-state index contributed by atoms with van der Waals surface area (Å²) in [7, 11) is -3.05. The molecule has 2 unspecified atom stereocenters. The van der Waals surface area contributed by atoms with Crippen molar-refractivity contribution in [2.24, 2.45) is 5.92 Å². The van der Waals surface area contributed by atoms with Gasteiger partial charge in [0.2, 0.25) is 5.67 Å². The number of rotatable bonds is 3. The minimum atomic E-state index is -3.05. The zero-order valence-corrected chi connectivity index (χ0v) is 8.68. The van der Waals surface area contributed by atoms with Gasteiger partial charge in [0.1, 0.15) is 0 Å². The fourth-order valence-corrected chi connectivity index (χ4v) is 3.52. The van der Waals surface area contributed by atoms with E-state index >= 15 is 0 Å². The van der Waals surface area contributed by atoms with E-state index in [9.17, 15) is 17.6 Å². The van der Waals surface area contributed by atoms with E-state index in [0.717, 1.165) is 6.92 Å². The number of carbonyl (C=O) groups is 1. The highest BCUT2D eigenvalue weighted by atomic mass is 32.2. The summed E-state index contributed by atoms with van der Waals surface area (Å²) in [6, 6.07) is 0. The molecule has 0 aromatic heterocycles. The summed E-state index contributed by atoms with van der Waals surface area (Å²) in [5.41, 5.74) is -2.31. The third-order valence-corrected chi connectivity index (χ3v) is 4.28. The summed E-state index contributed by atoms with van der Waals surface area (Å²) in [6.07, 6.45) is 0.149. The first-order chi connectivity index (χ1) is 6.23. The number of hydrogen-bond donors (Lipinski definition) is 1. The van der Waals surface area contributed by atoms with Crippen LogP contribution in [0, 0.1) is 5.92 Å². The first-order valence-electron chi connectivity index (χ1n) is 4.36. The Kier molecular flexibility index (Phi) is 2.85. The minimum absolute atomic E-state index is 0.0490. The van der Waals surface area contributed by atoms with Crippen LogP contribution in [0.15, 0.2) is 0 Å². The van der Waals surface area contributed by atoms with E-state index in [0.29, 0.717) is 6.42 Å². The summed E-state index contributed by atoms with van der Waals surface area (Å²) in [4.78, 5) is 10.4. The fraction of sp³-hybridized carbons (Fsp3) is 0.875. The van der Waals surface area contributed by atoms with Gasteiger partial charge in [-0.3, -0.25) is 0 Å². The molecule has 2 atom stereocenters. The van der Waals surface area contributed by atoms with Gasteiger partial charge in [0.05, 0.1) is 11.5 Å². The summed E-state index contributed by atoms with van der Waals surface area (Å²) >= 11 is 0. The molecule has 1 heterocycles. The Morgan fingerprint density at radius 2 is 2.21 bits per heavy atom. The van der Waals surface area contributed by atoms with E-state index in [1.807, 2.05) is 0 Å². The molecular weight excluding hydrogens is 211 g/mol. The molecule has 82 valence electrons. The third kappa shape index (κ3) is 2.67. The Morgan fingerprint density at radius 3 is 2.57 bits per heavy atom. The average molecular weight is 224 g/mol. The normalized spacial score (nSPS) is 29.7. The number of alkyl halides is 1. The lowest BCUT2D eigenvalue weighted by Gasteiger charge is -2.18. The van der Waals surface area contributed by atoms with Gasteiger partial charge in [-0.2, -0.15) is 0 Å². The van der Waals surface area contributed by atoms with E-state index < -0.39 is 21.5 Å². The Balaban J connectivity index is 2.60. The van der Waals surface area contributed by atoms with Gasteiger partial charge in [0.15, 0.2) is 9.84 Å². The number of carboxylic acid groups (broad SMARTS) is 1. The van der Waals surface area contributed by atoms with Crippen molar-refractivity contribution in [3.8, 4) is 0 Å². The lowest BCUT2D eigenvalue weighted by atomic mass is 9.93. The van der Waals surface area contributed by atoms with E-state index in [1.54, 1.807) is 0 Å². The highest BCUT2D eigenvalue weighted by Gasteiger charge is 2.39. The molecule has 14 heavy (non-hydrogen) atoms. The number of sulfone groups is 1. The SMILES string of the molecule is CC(F)(CC1CCS(=O)(=O)C1)C(=O)O. The minimum Gasteiger partial charge on any atom is -0.479 e. The predicted octanol–water partition coefficient (Wildman–Crippen LogP) is 0.624. The second-order valence-corrected chi connectivity index (χ2v) is 6.20. The molecule has 0 saturated carbocycles. The van der Waals surface area contributed by atoms with Crippen LogP contribution in [-0.2, 0) is 14.6 Å². The molecule has 0 bridgehead atoms. The first kappa shape index (κ1) is 11.4. The van der Waals surface area contributed by atoms with Crippen LogP contribution in [0.5, 0.6) is 0 Å². The summed E-state index contributed by atoms with van der Waals surface area (Å²) < 4.78 is 35.4. The maximum Gasteiger partial charge on any atom is 0.341 e. The lowest BCUT2D eigenvalue weighted by Crippen LogP contribution is -2.32. The van der Waals surface area contributed by atoms with E-state index in [4.69, 9.17) is 5.11 Å². The second-order valence-electron chi connectivity index (χ2n) is 3.98. The maximum absolute atomic E-state index is 13.3. The van der Waals surface area contributed by atoms with Gasteiger partial charge in [0.25, 0.3) is 0 Å². The molecule has 1 N–H and O–H groups in total. The quantitative estimate of drug-likeness (QED) is 0.763. The van der Waals surface area contributed by atoms with Crippen LogP contribution in [-0.4, -0.2) is 36.7 Å². The highest BCUT2D eigenvalue weighted by molar-refractivity contribution is 7.91. The molecule has 0 aliphatic carbocycles. The van der Waals surface area contributed by atoms with Gasteiger partial charge in [-0.15, -0.1) is 0 Å². The summed E-state index contributed by atoms with van der Waals surface area (Å²) in [5.74, 6) is -1.92. The zero-order valence-electron chi connectivity index (χ0n) is 7.86. The van der Waals surface area contributed by atoms with Crippen LogP contribution < -0.4 is 0 Å². The number of carboxylic acids is 1. The largest absolute Gasteiger partial charge is 0.479 e. The van der Waals surface area contributed by atoms with E-state index in [1.165, 1.54) is 0 Å². The molecule has 1 aliphatic rings. The van der Waals surface area contributed by atoms with Crippen molar-refractivity contribution in [1.82, 2.24) is 0 Å². The van der Waals surface area contributed by atoms with Gasteiger partial charge in [-0.25, -0.2) is 17.6 Å². The van der Waals surface area contributed by atoms with Crippen LogP contribution in [0.25, 0.3) is 0 Å². The molecule has 4 nitrogen and oxygen atoms in total. The van der Waals surface area contributed by atoms with E-state index in [2.05, 4.69) is 0 Å². The lowest BCUT2D eigenvalue weighted by molar-refractivity contribution is -0.150. The van der Waals surface area contributed by atoms with Crippen molar-refractivity contribution in [2.75, 3.05) is 11.5 Å². The first-order valence-corrected chi connectivity index (χ1v) is 6.18. The molecule has 1 saturated heterocycles. The molecule has 1 rings (SSSR count). The predicted molar refractivity (Wildman–Crippen MR) is 48.5 cm³/mol. The zero-order chi connectivity index (χ0) is 11.0. The summed E-state index contributed by atoms with van der Waals surface area (Å²) in [5, 5.41) is 8.51. The topological polar surface area (TPSA) is 71.4 Å². The number of aliphatic carboxylic acids is 1. The molecule has 0 aromatic rings. The summed E-state index contributed by atoms with van der Waals surface area (Å²) in [6.45, 7) is 0.972. The van der Waals surface area contributed by atoms with E-state index in [-0.39, 0.29) is 23.8 Å². The number of hydrogen-bond acceptors (Lipinski definition) is 3. The van der Waals surface area contributed by atoms with Crippen molar-refractivity contribution in [2.45, 2.75) is 25.4 Å². The van der Waals surface area contributed by atoms with Gasteiger partial charge in [-0.05, 0) is 25.7 Å². The Morgan fingerprint density at radius 1 is 1.64 bits per heavy atom. The van der Waals surface area contributed by atoms with Crippen LogP contribution in [0.3, 0.4) is 0 Å². The molecule has 1 fully saturated rings. The second kappa shape index (κ2) is 3.49.